The quantitative estimate of drug-likeness (QED) is 0.723. The fourth-order valence-electron chi connectivity index (χ4n) is 2.20. The van der Waals surface area contributed by atoms with Crippen molar-refractivity contribution < 1.29 is 22.6 Å². The molecule has 0 aromatic heterocycles. The molecule has 0 saturated heterocycles. The molecule has 0 amide bonds. The number of hydrogen-bond acceptors (Lipinski definition) is 4. The van der Waals surface area contributed by atoms with E-state index in [4.69, 9.17) is 9.47 Å². The Morgan fingerprint density at radius 2 is 1.55 bits per heavy atom. The highest BCUT2D eigenvalue weighted by atomic mass is 32.2. The summed E-state index contributed by atoms with van der Waals surface area (Å²) in [6.45, 7) is 0. The smallest absolute Gasteiger partial charge is 0.416 e. The monoisotopic (exact) mass is 327 g/mol. The van der Waals surface area contributed by atoms with E-state index in [1.54, 1.807) is 12.1 Å². The van der Waals surface area contributed by atoms with Crippen LogP contribution in [0.5, 0.6) is 11.5 Å². The molecule has 0 radical (unpaired) electrons. The van der Waals surface area contributed by atoms with Crippen LogP contribution in [0, 0.1) is 0 Å². The Balaban J connectivity index is 2.02. The van der Waals surface area contributed by atoms with Crippen molar-refractivity contribution in [3.8, 4) is 11.5 Å². The number of methoxy groups -OCH3 is 2. The highest BCUT2D eigenvalue weighted by molar-refractivity contribution is 7.99. The molecule has 116 valence electrons. The molecule has 22 heavy (non-hydrogen) atoms. The highest BCUT2D eigenvalue weighted by Gasteiger charge is 2.32. The number of benzene rings is 2. The molecule has 0 bridgehead atoms. The average Bonchev–Trinajstić information content (AvgIpc) is 2.50. The predicted octanol–water partition coefficient (Wildman–Crippen LogP) is 4.93. The molecule has 3 nitrogen and oxygen atoms in total. The lowest BCUT2D eigenvalue weighted by atomic mass is 10.1. The number of hydrogen-bond donors (Lipinski definition) is 1. The number of halogens is 3. The molecule has 3 rings (SSSR count). The lowest BCUT2D eigenvalue weighted by Gasteiger charge is -2.23. The van der Waals surface area contributed by atoms with Gasteiger partial charge in [0, 0.05) is 21.9 Å². The second-order valence-electron chi connectivity index (χ2n) is 4.64. The van der Waals surface area contributed by atoms with Gasteiger partial charge in [-0.05, 0) is 18.2 Å². The SMILES string of the molecule is COc1cc2c(cc1OC)Sc1ccc(C(F)(F)F)cc1N2. The van der Waals surface area contributed by atoms with Crippen LogP contribution < -0.4 is 14.8 Å². The number of fused-ring (bicyclic) bond motifs is 2. The van der Waals surface area contributed by atoms with Crippen molar-refractivity contribution in [3.63, 3.8) is 0 Å². The first-order valence-electron chi connectivity index (χ1n) is 6.34. The summed E-state index contributed by atoms with van der Waals surface area (Å²) in [5.41, 5.74) is 0.442. The minimum Gasteiger partial charge on any atom is -0.493 e. The molecular formula is C15H12F3NO2S. The van der Waals surface area contributed by atoms with E-state index in [9.17, 15) is 13.2 Å². The third-order valence-corrected chi connectivity index (χ3v) is 4.42. The van der Waals surface area contributed by atoms with Gasteiger partial charge >= 0.3 is 6.18 Å². The van der Waals surface area contributed by atoms with Gasteiger partial charge < -0.3 is 14.8 Å². The molecule has 7 heteroatoms. The Kier molecular flexibility index (Phi) is 3.60. The highest BCUT2D eigenvalue weighted by Crippen LogP contribution is 2.49. The van der Waals surface area contributed by atoms with Crippen LogP contribution in [0.15, 0.2) is 40.1 Å². The van der Waals surface area contributed by atoms with Crippen molar-refractivity contribution in [3.05, 3.63) is 35.9 Å². The standard InChI is InChI=1S/C15H12F3NO2S/c1-20-11-6-10-14(7-12(11)21-2)22-13-4-3-8(15(16,17)18)5-9(13)19-10/h3-7,19H,1-2H3. The summed E-state index contributed by atoms with van der Waals surface area (Å²) in [6.07, 6.45) is -4.36. The first-order valence-corrected chi connectivity index (χ1v) is 7.16. The van der Waals surface area contributed by atoms with Gasteiger partial charge in [-0.2, -0.15) is 13.2 Å². The van der Waals surface area contributed by atoms with Gasteiger partial charge in [-0.3, -0.25) is 0 Å². The van der Waals surface area contributed by atoms with Crippen molar-refractivity contribution in [2.75, 3.05) is 19.5 Å². The van der Waals surface area contributed by atoms with Crippen molar-refractivity contribution in [1.29, 1.82) is 0 Å². The van der Waals surface area contributed by atoms with Crippen LogP contribution >= 0.6 is 11.8 Å². The molecule has 0 spiro atoms. The van der Waals surface area contributed by atoms with E-state index in [1.165, 1.54) is 32.0 Å². The van der Waals surface area contributed by atoms with Crippen LogP contribution in [0.25, 0.3) is 0 Å². The predicted molar refractivity (Wildman–Crippen MR) is 78.4 cm³/mol. The van der Waals surface area contributed by atoms with Gasteiger partial charge in [-0.15, -0.1) is 0 Å². The van der Waals surface area contributed by atoms with Crippen LogP contribution in [-0.4, -0.2) is 14.2 Å². The summed E-state index contributed by atoms with van der Waals surface area (Å²) >= 11 is 1.39. The molecule has 0 fully saturated rings. The molecule has 1 heterocycles. The summed E-state index contributed by atoms with van der Waals surface area (Å²) in [4.78, 5) is 1.60. The number of rotatable bonds is 2. The maximum atomic E-state index is 12.8. The van der Waals surface area contributed by atoms with Gasteiger partial charge in [0.2, 0.25) is 0 Å². The van der Waals surface area contributed by atoms with Crippen LogP contribution in [0.3, 0.4) is 0 Å². The van der Waals surface area contributed by atoms with E-state index in [0.717, 1.165) is 21.9 Å². The zero-order valence-corrected chi connectivity index (χ0v) is 12.6. The summed E-state index contributed by atoms with van der Waals surface area (Å²) in [6, 6.07) is 7.17. The van der Waals surface area contributed by atoms with E-state index in [-0.39, 0.29) is 0 Å². The maximum absolute atomic E-state index is 12.8. The zero-order chi connectivity index (χ0) is 15.9. The van der Waals surface area contributed by atoms with Gasteiger partial charge in [0.05, 0.1) is 31.2 Å². The minimum atomic E-state index is -4.36. The molecule has 0 atom stereocenters. The third kappa shape index (κ3) is 2.56. The molecule has 1 aliphatic heterocycles. The van der Waals surface area contributed by atoms with Crippen LogP contribution in [-0.2, 0) is 6.18 Å². The van der Waals surface area contributed by atoms with Gasteiger partial charge in [0.25, 0.3) is 0 Å². The summed E-state index contributed by atoms with van der Waals surface area (Å²) in [5, 5.41) is 3.02. The maximum Gasteiger partial charge on any atom is 0.416 e. The zero-order valence-electron chi connectivity index (χ0n) is 11.7. The Morgan fingerprint density at radius 3 is 2.18 bits per heavy atom. The second kappa shape index (κ2) is 5.31. The van der Waals surface area contributed by atoms with Crippen LogP contribution in [0.4, 0.5) is 24.5 Å². The third-order valence-electron chi connectivity index (χ3n) is 3.28. The lowest BCUT2D eigenvalue weighted by Crippen LogP contribution is -2.07. The van der Waals surface area contributed by atoms with Crippen molar-refractivity contribution in [2.24, 2.45) is 0 Å². The molecule has 0 aliphatic carbocycles. The molecular weight excluding hydrogens is 315 g/mol. The molecule has 1 N–H and O–H groups in total. The Morgan fingerprint density at radius 1 is 0.909 bits per heavy atom. The topological polar surface area (TPSA) is 30.5 Å². The first kappa shape index (κ1) is 14.9. The molecule has 2 aromatic carbocycles. The van der Waals surface area contributed by atoms with Gasteiger partial charge in [-0.1, -0.05) is 11.8 Å². The Hall–Kier alpha value is -2.02. The summed E-state index contributed by atoms with van der Waals surface area (Å²) < 4.78 is 48.9. The van der Waals surface area contributed by atoms with Crippen molar-refractivity contribution in [2.45, 2.75) is 16.0 Å². The number of alkyl halides is 3. The molecule has 0 unspecified atom stereocenters. The van der Waals surface area contributed by atoms with E-state index < -0.39 is 11.7 Å². The van der Waals surface area contributed by atoms with E-state index in [2.05, 4.69) is 5.32 Å². The van der Waals surface area contributed by atoms with E-state index >= 15 is 0 Å². The van der Waals surface area contributed by atoms with Gasteiger partial charge in [0.1, 0.15) is 0 Å². The Labute approximate surface area is 129 Å². The van der Waals surface area contributed by atoms with Crippen molar-refractivity contribution in [1.82, 2.24) is 0 Å². The fraction of sp³-hybridized carbons (Fsp3) is 0.200. The molecule has 1 aliphatic rings. The number of ether oxygens (including phenoxy) is 2. The second-order valence-corrected chi connectivity index (χ2v) is 5.72. The number of anilines is 2. The largest absolute Gasteiger partial charge is 0.493 e. The van der Waals surface area contributed by atoms with Crippen LogP contribution in [0.2, 0.25) is 0 Å². The number of nitrogens with one attached hydrogen (secondary N) is 1. The first-order chi connectivity index (χ1) is 10.4. The molecule has 2 aromatic rings. The normalized spacial score (nSPS) is 13.0. The van der Waals surface area contributed by atoms with Crippen molar-refractivity contribution >= 4 is 23.1 Å². The molecule has 0 saturated carbocycles. The summed E-state index contributed by atoms with van der Waals surface area (Å²) in [7, 11) is 3.05. The van der Waals surface area contributed by atoms with E-state index in [1.807, 2.05) is 0 Å². The summed E-state index contributed by atoms with van der Waals surface area (Å²) in [5.74, 6) is 1.09. The minimum absolute atomic E-state index is 0.430. The van der Waals surface area contributed by atoms with E-state index in [0.29, 0.717) is 22.9 Å². The van der Waals surface area contributed by atoms with Gasteiger partial charge in [0.15, 0.2) is 11.5 Å². The lowest BCUT2D eigenvalue weighted by molar-refractivity contribution is -0.137. The fourth-order valence-corrected chi connectivity index (χ4v) is 3.18. The van der Waals surface area contributed by atoms with Crippen LogP contribution in [0.1, 0.15) is 5.56 Å². The van der Waals surface area contributed by atoms with Gasteiger partial charge in [-0.25, -0.2) is 0 Å². The average molecular weight is 327 g/mol. The Bertz CT molecular complexity index is 731.